The Morgan fingerprint density at radius 1 is 1.20 bits per heavy atom. The normalized spacial score (nSPS) is 10.1. The van der Waals surface area contributed by atoms with Gasteiger partial charge >= 0.3 is 5.97 Å². The molecule has 0 spiro atoms. The first-order chi connectivity index (χ1) is 9.47. The van der Waals surface area contributed by atoms with E-state index in [0.29, 0.717) is 0 Å². The fourth-order valence-electron chi connectivity index (χ4n) is 1.38. The highest BCUT2D eigenvalue weighted by Gasteiger charge is 2.13. The quantitative estimate of drug-likeness (QED) is 0.906. The summed E-state index contributed by atoms with van der Waals surface area (Å²) in [7, 11) is 0. The van der Waals surface area contributed by atoms with Crippen molar-refractivity contribution in [1.82, 2.24) is 10.2 Å². The Kier molecular flexibility index (Phi) is 3.90. The van der Waals surface area contributed by atoms with Crippen LogP contribution in [-0.2, 0) is 0 Å². The van der Waals surface area contributed by atoms with Gasteiger partial charge in [0.05, 0.1) is 11.3 Å². The zero-order valence-corrected chi connectivity index (χ0v) is 10.6. The van der Waals surface area contributed by atoms with E-state index in [0.717, 1.165) is 18.2 Å². The number of hydrogen-bond donors (Lipinski definition) is 2. The van der Waals surface area contributed by atoms with Gasteiger partial charge in [-0.3, -0.25) is 4.79 Å². The molecule has 2 aromatic rings. The van der Waals surface area contributed by atoms with Gasteiger partial charge in [0.2, 0.25) is 0 Å². The van der Waals surface area contributed by atoms with E-state index < -0.39 is 17.7 Å². The fourth-order valence-corrected chi connectivity index (χ4v) is 1.48. The molecule has 8 heteroatoms. The molecule has 2 N–H and O–H groups in total. The Hall–Kier alpha value is -2.54. The van der Waals surface area contributed by atoms with Gasteiger partial charge in [-0.25, -0.2) is 9.18 Å². The Bertz CT molecular complexity index is 676. The summed E-state index contributed by atoms with van der Waals surface area (Å²) in [6.45, 7) is 0. The maximum atomic E-state index is 13.5. The zero-order valence-electron chi connectivity index (χ0n) is 9.80. The van der Waals surface area contributed by atoms with Crippen LogP contribution in [0.25, 0.3) is 0 Å². The average Bonchev–Trinajstić information content (AvgIpc) is 2.41. The lowest BCUT2D eigenvalue weighted by molar-refractivity contribution is 0.0696. The Morgan fingerprint density at radius 3 is 2.55 bits per heavy atom. The largest absolute Gasteiger partial charge is 0.478 e. The molecule has 0 aliphatic rings. The van der Waals surface area contributed by atoms with Crippen molar-refractivity contribution in [3.8, 4) is 0 Å². The standard InChI is InChI=1S/C12H7ClFN3O3/c13-10-4-3-8(16-17-10)11(18)15-9-5-6(12(19)20)1-2-7(9)14/h1-5H,(H,15,18)(H,19,20). The minimum Gasteiger partial charge on any atom is -0.478 e. The molecular formula is C12H7ClFN3O3. The van der Waals surface area contributed by atoms with Gasteiger partial charge in [0.1, 0.15) is 5.82 Å². The van der Waals surface area contributed by atoms with Crippen molar-refractivity contribution < 1.29 is 19.1 Å². The van der Waals surface area contributed by atoms with Crippen molar-refractivity contribution in [2.24, 2.45) is 0 Å². The molecule has 0 saturated carbocycles. The number of carboxylic acid groups (broad SMARTS) is 1. The molecule has 1 heterocycles. The molecule has 20 heavy (non-hydrogen) atoms. The summed E-state index contributed by atoms with van der Waals surface area (Å²) in [5.41, 5.74) is -0.481. The number of carbonyl (C=O) groups excluding carboxylic acids is 1. The second kappa shape index (κ2) is 5.62. The summed E-state index contributed by atoms with van der Waals surface area (Å²) < 4.78 is 13.5. The number of aromatic carboxylic acids is 1. The molecule has 0 aliphatic heterocycles. The maximum Gasteiger partial charge on any atom is 0.335 e. The molecule has 0 aliphatic carbocycles. The number of aromatic nitrogens is 2. The molecule has 0 radical (unpaired) electrons. The third kappa shape index (κ3) is 3.07. The van der Waals surface area contributed by atoms with Crippen molar-refractivity contribution >= 4 is 29.2 Å². The van der Waals surface area contributed by atoms with Crippen molar-refractivity contribution in [2.45, 2.75) is 0 Å². The van der Waals surface area contributed by atoms with E-state index in [1.165, 1.54) is 12.1 Å². The lowest BCUT2D eigenvalue weighted by Gasteiger charge is -2.06. The molecule has 1 aromatic heterocycles. The predicted octanol–water partition coefficient (Wildman–Crippen LogP) is 2.22. The molecule has 6 nitrogen and oxygen atoms in total. The molecule has 0 fully saturated rings. The van der Waals surface area contributed by atoms with Gasteiger partial charge in [0.25, 0.3) is 5.91 Å². The van der Waals surface area contributed by atoms with Crippen LogP contribution < -0.4 is 5.32 Å². The Labute approximate surface area is 117 Å². The van der Waals surface area contributed by atoms with Crippen LogP contribution in [0, 0.1) is 5.82 Å². The van der Waals surface area contributed by atoms with Crippen LogP contribution >= 0.6 is 11.6 Å². The summed E-state index contributed by atoms with van der Waals surface area (Å²) >= 11 is 5.53. The molecule has 1 amide bonds. The second-order valence-electron chi connectivity index (χ2n) is 3.70. The number of carboxylic acids is 1. The zero-order chi connectivity index (χ0) is 14.7. The number of rotatable bonds is 3. The third-order valence-corrected chi connectivity index (χ3v) is 2.53. The number of carbonyl (C=O) groups is 2. The van der Waals surface area contributed by atoms with Gasteiger partial charge in [-0.05, 0) is 30.3 Å². The van der Waals surface area contributed by atoms with Crippen molar-refractivity contribution in [3.05, 3.63) is 52.6 Å². The summed E-state index contributed by atoms with van der Waals surface area (Å²) in [6.07, 6.45) is 0. The van der Waals surface area contributed by atoms with E-state index in [-0.39, 0.29) is 22.1 Å². The number of anilines is 1. The van der Waals surface area contributed by atoms with Crippen molar-refractivity contribution in [2.75, 3.05) is 5.32 Å². The van der Waals surface area contributed by atoms with Crippen LogP contribution in [0.4, 0.5) is 10.1 Å². The molecule has 2 rings (SSSR count). The molecule has 0 unspecified atom stereocenters. The average molecular weight is 296 g/mol. The van der Waals surface area contributed by atoms with Gasteiger partial charge in [-0.2, -0.15) is 0 Å². The smallest absolute Gasteiger partial charge is 0.335 e. The molecule has 1 aromatic carbocycles. The van der Waals surface area contributed by atoms with Crippen LogP contribution in [0.1, 0.15) is 20.8 Å². The van der Waals surface area contributed by atoms with E-state index in [2.05, 4.69) is 15.5 Å². The van der Waals surface area contributed by atoms with Gasteiger partial charge in [0, 0.05) is 0 Å². The van der Waals surface area contributed by atoms with Crippen molar-refractivity contribution in [1.29, 1.82) is 0 Å². The molecule has 0 bridgehead atoms. The molecule has 0 atom stereocenters. The number of hydrogen-bond acceptors (Lipinski definition) is 4. The van der Waals surface area contributed by atoms with E-state index >= 15 is 0 Å². The lowest BCUT2D eigenvalue weighted by Crippen LogP contribution is -2.15. The highest BCUT2D eigenvalue weighted by molar-refractivity contribution is 6.29. The third-order valence-electron chi connectivity index (χ3n) is 2.33. The maximum absolute atomic E-state index is 13.5. The summed E-state index contributed by atoms with van der Waals surface area (Å²) in [6, 6.07) is 5.72. The minimum absolute atomic E-state index is 0.0745. The van der Waals surface area contributed by atoms with Gasteiger partial charge < -0.3 is 10.4 Å². The first-order valence-electron chi connectivity index (χ1n) is 5.31. The van der Waals surface area contributed by atoms with Crippen molar-refractivity contribution in [3.63, 3.8) is 0 Å². The Morgan fingerprint density at radius 2 is 1.95 bits per heavy atom. The number of nitrogens with zero attached hydrogens (tertiary/aromatic N) is 2. The minimum atomic E-state index is -1.23. The Balaban J connectivity index is 2.25. The predicted molar refractivity (Wildman–Crippen MR) is 68.4 cm³/mol. The number of benzene rings is 1. The lowest BCUT2D eigenvalue weighted by atomic mass is 10.2. The van der Waals surface area contributed by atoms with E-state index in [4.69, 9.17) is 16.7 Å². The number of halogens is 2. The summed E-state index contributed by atoms with van der Waals surface area (Å²) in [5, 5.41) is 18.1. The summed E-state index contributed by atoms with van der Waals surface area (Å²) in [4.78, 5) is 22.6. The number of nitrogens with one attached hydrogen (secondary N) is 1. The molecule has 0 saturated heterocycles. The summed E-state index contributed by atoms with van der Waals surface area (Å²) in [5.74, 6) is -2.72. The number of amides is 1. The van der Waals surface area contributed by atoms with Crippen LogP contribution in [-0.4, -0.2) is 27.2 Å². The SMILES string of the molecule is O=C(O)c1ccc(F)c(NC(=O)c2ccc(Cl)nn2)c1. The second-order valence-corrected chi connectivity index (χ2v) is 4.08. The van der Waals surface area contributed by atoms with E-state index in [1.54, 1.807) is 0 Å². The van der Waals surface area contributed by atoms with E-state index in [9.17, 15) is 14.0 Å². The first-order valence-corrected chi connectivity index (χ1v) is 5.68. The van der Waals surface area contributed by atoms with Crippen LogP contribution in [0.5, 0.6) is 0 Å². The van der Waals surface area contributed by atoms with Crippen LogP contribution in [0.3, 0.4) is 0 Å². The fraction of sp³-hybridized carbons (Fsp3) is 0. The highest BCUT2D eigenvalue weighted by atomic mass is 35.5. The van der Waals surface area contributed by atoms with Crippen LogP contribution in [0.2, 0.25) is 5.15 Å². The first kappa shape index (κ1) is 13.9. The van der Waals surface area contributed by atoms with Gasteiger partial charge in [0.15, 0.2) is 10.8 Å². The monoisotopic (exact) mass is 295 g/mol. The highest BCUT2D eigenvalue weighted by Crippen LogP contribution is 2.17. The van der Waals surface area contributed by atoms with Gasteiger partial charge in [-0.15, -0.1) is 10.2 Å². The topological polar surface area (TPSA) is 92.2 Å². The van der Waals surface area contributed by atoms with E-state index in [1.807, 2.05) is 0 Å². The van der Waals surface area contributed by atoms with Gasteiger partial charge in [-0.1, -0.05) is 11.6 Å². The molecule has 102 valence electrons. The van der Waals surface area contributed by atoms with Crippen LogP contribution in [0.15, 0.2) is 30.3 Å². The molecular weight excluding hydrogens is 289 g/mol.